The third-order valence-electron chi connectivity index (χ3n) is 3.53. The minimum Gasteiger partial charge on any atom is -0.480 e. The molecule has 1 aliphatic rings. The minimum atomic E-state index is -1.13. The third kappa shape index (κ3) is 3.00. The minimum absolute atomic E-state index is 0.0248. The first kappa shape index (κ1) is 15.7. The number of benzene rings is 1. The number of nitrogens with zero attached hydrogens (tertiary/aromatic N) is 2. The molecule has 1 aliphatic heterocycles. The highest BCUT2D eigenvalue weighted by Gasteiger charge is 2.47. The quantitative estimate of drug-likeness (QED) is 0.658. The zero-order valence-electron chi connectivity index (χ0n) is 12.1. The fourth-order valence-electron chi connectivity index (χ4n) is 2.40. The lowest BCUT2D eigenvalue weighted by Gasteiger charge is -2.22. The van der Waals surface area contributed by atoms with Gasteiger partial charge in [0.05, 0.1) is 11.5 Å². The third-order valence-corrected chi connectivity index (χ3v) is 3.53. The summed E-state index contributed by atoms with van der Waals surface area (Å²) >= 11 is 0. The lowest BCUT2D eigenvalue weighted by molar-refractivity contribution is -0.384. The van der Waals surface area contributed by atoms with Crippen molar-refractivity contribution in [2.24, 2.45) is 5.92 Å². The van der Waals surface area contributed by atoms with Gasteiger partial charge in [-0.2, -0.15) is 0 Å². The number of cyclic esters (lactones) is 1. The summed E-state index contributed by atoms with van der Waals surface area (Å²) in [6, 6.07) is 4.54. The van der Waals surface area contributed by atoms with Crippen molar-refractivity contribution in [2.45, 2.75) is 32.5 Å². The molecule has 8 heteroatoms. The number of non-ortho nitro benzene ring substituents is 1. The Kier molecular flexibility index (Phi) is 4.30. The zero-order valence-corrected chi connectivity index (χ0v) is 12.1. The van der Waals surface area contributed by atoms with Crippen LogP contribution in [0.15, 0.2) is 24.3 Å². The van der Waals surface area contributed by atoms with Gasteiger partial charge in [0.25, 0.3) is 5.69 Å². The summed E-state index contributed by atoms with van der Waals surface area (Å²) in [7, 11) is 0. The number of carbonyl (C=O) groups is 2. The van der Waals surface area contributed by atoms with Gasteiger partial charge in [0.2, 0.25) is 0 Å². The van der Waals surface area contributed by atoms with Crippen LogP contribution in [0.25, 0.3) is 0 Å². The summed E-state index contributed by atoms with van der Waals surface area (Å²) in [5.41, 5.74) is 0.529. The number of ether oxygens (including phenoxy) is 1. The van der Waals surface area contributed by atoms with Crippen LogP contribution in [0.5, 0.6) is 0 Å². The molecule has 2 atom stereocenters. The maximum Gasteiger partial charge on any atom is 0.411 e. The first-order valence-electron chi connectivity index (χ1n) is 6.74. The van der Waals surface area contributed by atoms with Crippen LogP contribution in [0.1, 0.15) is 19.4 Å². The van der Waals surface area contributed by atoms with Gasteiger partial charge in [-0.05, 0) is 11.5 Å². The number of aliphatic carboxylic acids is 1. The van der Waals surface area contributed by atoms with E-state index in [0.29, 0.717) is 5.56 Å². The van der Waals surface area contributed by atoms with E-state index >= 15 is 0 Å². The average Bonchev–Trinajstić information content (AvgIpc) is 2.77. The van der Waals surface area contributed by atoms with E-state index in [1.807, 2.05) is 0 Å². The molecule has 0 aliphatic carbocycles. The molecule has 8 nitrogen and oxygen atoms in total. The number of hydrogen-bond donors (Lipinski definition) is 1. The molecule has 22 heavy (non-hydrogen) atoms. The van der Waals surface area contributed by atoms with Crippen LogP contribution in [0, 0.1) is 16.0 Å². The van der Waals surface area contributed by atoms with Crippen molar-refractivity contribution in [2.75, 3.05) is 0 Å². The summed E-state index contributed by atoms with van der Waals surface area (Å²) in [5, 5.41) is 20.0. The molecular weight excluding hydrogens is 292 g/mol. The van der Waals surface area contributed by atoms with E-state index in [-0.39, 0.29) is 18.2 Å². The Bertz CT molecular complexity index is 598. The van der Waals surface area contributed by atoms with E-state index in [9.17, 15) is 24.8 Å². The van der Waals surface area contributed by atoms with Gasteiger partial charge in [-0.15, -0.1) is 0 Å². The molecule has 2 rings (SSSR count). The first-order valence-corrected chi connectivity index (χ1v) is 6.74. The van der Waals surface area contributed by atoms with Crippen LogP contribution in [0.3, 0.4) is 0 Å². The Morgan fingerprint density at radius 3 is 2.45 bits per heavy atom. The SMILES string of the molecule is CC(C)[C@@H]1OC(=O)N(Cc2ccc([N+](=O)[O-])cc2)[C@H]1C(=O)O. The van der Waals surface area contributed by atoms with Gasteiger partial charge in [0.1, 0.15) is 6.10 Å². The molecule has 0 aromatic heterocycles. The standard InChI is InChI=1S/C14H16N2O6/c1-8(2)12-11(13(17)18)15(14(19)22-12)7-9-3-5-10(6-4-9)16(20)21/h3-6,8,11-12H,7H2,1-2H3,(H,17,18)/t11-,12+/m1/s1. The number of carboxylic acid groups (broad SMARTS) is 1. The zero-order chi connectivity index (χ0) is 16.4. The van der Waals surface area contributed by atoms with Crippen molar-refractivity contribution in [1.29, 1.82) is 0 Å². The Morgan fingerprint density at radius 2 is 2.00 bits per heavy atom. The summed E-state index contributed by atoms with van der Waals surface area (Å²) in [4.78, 5) is 34.6. The number of nitro benzene ring substituents is 1. The number of rotatable bonds is 5. The summed E-state index contributed by atoms with van der Waals surface area (Å²) in [5.74, 6) is -1.27. The lowest BCUT2D eigenvalue weighted by atomic mass is 9.99. The molecule has 118 valence electrons. The van der Waals surface area contributed by atoms with E-state index in [0.717, 1.165) is 4.90 Å². The van der Waals surface area contributed by atoms with Gasteiger partial charge in [-0.3, -0.25) is 15.0 Å². The topological polar surface area (TPSA) is 110 Å². The Morgan fingerprint density at radius 1 is 1.41 bits per heavy atom. The maximum atomic E-state index is 11.9. The number of carbonyl (C=O) groups excluding carboxylic acids is 1. The summed E-state index contributed by atoms with van der Waals surface area (Å²) < 4.78 is 5.14. The second-order valence-corrected chi connectivity index (χ2v) is 5.43. The molecule has 1 fully saturated rings. The van der Waals surface area contributed by atoms with Crippen LogP contribution in [-0.2, 0) is 16.1 Å². The highest BCUT2D eigenvalue weighted by atomic mass is 16.6. The summed E-state index contributed by atoms with van der Waals surface area (Å²) in [6.07, 6.45) is -1.41. The van der Waals surface area contributed by atoms with Crippen molar-refractivity contribution in [3.63, 3.8) is 0 Å². The van der Waals surface area contributed by atoms with Crippen LogP contribution in [-0.4, -0.2) is 39.1 Å². The van der Waals surface area contributed by atoms with Crippen molar-refractivity contribution in [1.82, 2.24) is 4.90 Å². The number of hydrogen-bond acceptors (Lipinski definition) is 5. The largest absolute Gasteiger partial charge is 0.480 e. The highest BCUT2D eigenvalue weighted by molar-refractivity contribution is 5.83. The van der Waals surface area contributed by atoms with Crippen LogP contribution in [0.2, 0.25) is 0 Å². The van der Waals surface area contributed by atoms with Gasteiger partial charge in [0.15, 0.2) is 6.04 Å². The molecule has 1 amide bonds. The second kappa shape index (κ2) is 6.00. The molecule has 1 heterocycles. The molecule has 1 saturated heterocycles. The molecule has 1 aromatic carbocycles. The van der Waals surface area contributed by atoms with Crippen LogP contribution < -0.4 is 0 Å². The van der Waals surface area contributed by atoms with E-state index in [4.69, 9.17) is 4.74 Å². The van der Waals surface area contributed by atoms with Crippen molar-refractivity contribution in [3.8, 4) is 0 Å². The lowest BCUT2D eigenvalue weighted by Crippen LogP contribution is -2.44. The fraction of sp³-hybridized carbons (Fsp3) is 0.429. The first-order chi connectivity index (χ1) is 10.3. The predicted octanol–water partition coefficient (Wildman–Crippen LogP) is 2.02. The highest BCUT2D eigenvalue weighted by Crippen LogP contribution is 2.27. The van der Waals surface area contributed by atoms with E-state index in [2.05, 4.69) is 0 Å². The number of carboxylic acids is 1. The molecule has 0 radical (unpaired) electrons. The number of amides is 1. The van der Waals surface area contributed by atoms with Gasteiger partial charge in [-0.1, -0.05) is 26.0 Å². The average molecular weight is 308 g/mol. The van der Waals surface area contributed by atoms with Crippen molar-refractivity contribution >= 4 is 17.7 Å². The number of nitro groups is 1. The molecule has 0 spiro atoms. The summed E-state index contributed by atoms with van der Waals surface area (Å²) in [6.45, 7) is 3.59. The second-order valence-electron chi connectivity index (χ2n) is 5.43. The normalized spacial score (nSPS) is 21.0. The van der Waals surface area contributed by atoms with Gasteiger partial charge < -0.3 is 9.84 Å². The van der Waals surface area contributed by atoms with E-state index < -0.39 is 29.1 Å². The van der Waals surface area contributed by atoms with Crippen LogP contribution in [0.4, 0.5) is 10.5 Å². The van der Waals surface area contributed by atoms with Gasteiger partial charge in [0, 0.05) is 12.1 Å². The monoisotopic (exact) mass is 308 g/mol. The van der Waals surface area contributed by atoms with Gasteiger partial charge >= 0.3 is 12.1 Å². The molecular formula is C14H16N2O6. The smallest absolute Gasteiger partial charge is 0.411 e. The predicted molar refractivity (Wildman–Crippen MR) is 75.2 cm³/mol. The maximum absolute atomic E-state index is 11.9. The van der Waals surface area contributed by atoms with Gasteiger partial charge in [-0.25, -0.2) is 9.59 Å². The molecule has 0 unspecified atom stereocenters. The molecule has 0 bridgehead atoms. The van der Waals surface area contributed by atoms with E-state index in [1.165, 1.54) is 24.3 Å². The van der Waals surface area contributed by atoms with Crippen molar-refractivity contribution in [3.05, 3.63) is 39.9 Å². The Hall–Kier alpha value is -2.64. The van der Waals surface area contributed by atoms with Crippen LogP contribution >= 0.6 is 0 Å². The van der Waals surface area contributed by atoms with E-state index in [1.54, 1.807) is 13.8 Å². The molecule has 1 aromatic rings. The fourth-order valence-corrected chi connectivity index (χ4v) is 2.40. The molecule has 1 N–H and O–H groups in total. The Balaban J connectivity index is 2.21. The Labute approximate surface area is 126 Å². The molecule has 0 saturated carbocycles. The van der Waals surface area contributed by atoms with Crippen molar-refractivity contribution < 1.29 is 24.4 Å².